The molecule has 0 unspecified atom stereocenters. The van der Waals surface area contributed by atoms with Crippen LogP contribution in [-0.4, -0.2) is 24.4 Å². The number of rotatable bonds is 1. The van der Waals surface area contributed by atoms with Gasteiger partial charge in [0.05, 0.1) is 0 Å². The summed E-state index contributed by atoms with van der Waals surface area (Å²) in [5, 5.41) is 0. The van der Waals surface area contributed by atoms with Crippen molar-refractivity contribution in [2.45, 2.75) is 8.35 Å². The molecule has 0 radical (unpaired) electrons. The van der Waals surface area contributed by atoms with E-state index in [0.29, 0.717) is 0 Å². The summed E-state index contributed by atoms with van der Waals surface area (Å²) in [6.45, 7) is 0. The van der Waals surface area contributed by atoms with Gasteiger partial charge in [0.25, 0.3) is 0 Å². The summed E-state index contributed by atoms with van der Waals surface area (Å²) in [6, 6.07) is 0. The molecule has 0 saturated carbocycles. The Bertz CT molecular complexity index is 124. The van der Waals surface area contributed by atoms with Crippen LogP contribution < -0.4 is 0 Å². The van der Waals surface area contributed by atoms with Crippen molar-refractivity contribution in [2.75, 3.05) is 0 Å². The minimum atomic E-state index is -1.76. The normalized spacial score (nSPS) is 17.4. The van der Waals surface area contributed by atoms with Crippen molar-refractivity contribution in [3.63, 3.8) is 0 Å². The van der Waals surface area contributed by atoms with Crippen molar-refractivity contribution in [3.8, 4) is 0 Å². The molecule has 0 fully saturated rings. The molecule has 1 rings (SSSR count). The fraction of sp³-hybridized carbons (Fsp3) is 0.400. The average Bonchev–Trinajstić information content (AvgIpc) is 2.12. The second-order valence-corrected chi connectivity index (χ2v) is 11.5. The van der Waals surface area contributed by atoms with E-state index in [9.17, 15) is 4.79 Å². The van der Waals surface area contributed by atoms with E-state index in [1.54, 1.807) is 0 Å². The first kappa shape index (κ1) is 6.69. The number of halogens is 1. The molecule has 0 aromatic heterocycles. The summed E-state index contributed by atoms with van der Waals surface area (Å²) in [5.41, 5.74) is 0. The number of hydrogen-bond acceptors (Lipinski definition) is 1. The second kappa shape index (κ2) is 2.92. The predicted octanol–water partition coefficient (Wildman–Crippen LogP) is 1.99. The third-order valence-corrected chi connectivity index (χ3v) is 10.0. The number of allylic oxidation sites excluding steroid dienone is 2. The van der Waals surface area contributed by atoms with Crippen LogP contribution in [0.1, 0.15) is 0 Å². The topological polar surface area (TPSA) is 17.1 Å². The van der Waals surface area contributed by atoms with E-state index in [4.69, 9.17) is 11.6 Å². The van der Waals surface area contributed by atoms with Crippen LogP contribution in [0.3, 0.4) is 0 Å². The maximum absolute atomic E-state index is 10.5. The van der Waals surface area contributed by atoms with Gasteiger partial charge in [0, 0.05) is 0 Å². The zero-order valence-electron chi connectivity index (χ0n) is 4.43. The first-order chi connectivity index (χ1) is 3.80. The summed E-state index contributed by atoms with van der Waals surface area (Å²) in [6.07, 6.45) is 4.17. The molecule has 0 aromatic rings. The monoisotopic (exact) mass is 232 g/mol. The Morgan fingerprint density at radius 3 is 2.25 bits per heavy atom. The SMILES string of the molecule is O=[C](Cl)[In]1[CH2]C=C[CH2]1. The first-order valence-corrected chi connectivity index (χ1v) is 9.33. The molecule has 0 N–H and O–H groups in total. The fourth-order valence-corrected chi connectivity index (χ4v) is 6.58. The molecule has 0 aliphatic carbocycles. The number of hydrogen-bond donors (Lipinski definition) is 0. The van der Waals surface area contributed by atoms with Crippen LogP contribution >= 0.6 is 11.6 Å². The number of carbonyl (C=O) groups excluding carboxylic acids is 1. The van der Waals surface area contributed by atoms with Crippen molar-refractivity contribution < 1.29 is 4.79 Å². The summed E-state index contributed by atoms with van der Waals surface area (Å²) in [5.74, 6) is 0. The molecule has 0 saturated heterocycles. The van der Waals surface area contributed by atoms with Gasteiger partial charge in [0.2, 0.25) is 0 Å². The molecule has 1 aliphatic rings. The fourth-order valence-electron chi connectivity index (χ4n) is 0.803. The quantitative estimate of drug-likeness (QED) is 0.499. The van der Waals surface area contributed by atoms with Crippen molar-refractivity contribution >= 4 is 36.0 Å². The second-order valence-electron chi connectivity index (χ2n) is 1.94. The van der Waals surface area contributed by atoms with Crippen molar-refractivity contribution in [1.82, 2.24) is 0 Å². The minimum absolute atomic E-state index is 0.0109. The Hall–Kier alpha value is 0.570. The molecule has 0 atom stereocenters. The van der Waals surface area contributed by atoms with Crippen LogP contribution in [0.2, 0.25) is 8.35 Å². The van der Waals surface area contributed by atoms with Crippen molar-refractivity contribution in [1.29, 1.82) is 0 Å². The van der Waals surface area contributed by atoms with E-state index in [1.165, 1.54) is 0 Å². The molecule has 0 spiro atoms. The maximum atomic E-state index is 10.5. The molecule has 1 heterocycles. The molecule has 0 aromatic carbocycles. The Morgan fingerprint density at radius 2 is 2.00 bits per heavy atom. The van der Waals surface area contributed by atoms with E-state index in [-0.39, 0.29) is 3.00 Å². The van der Waals surface area contributed by atoms with Gasteiger partial charge < -0.3 is 0 Å². The number of carbonyl (C=O) groups is 1. The first-order valence-electron chi connectivity index (χ1n) is 2.65. The summed E-state index contributed by atoms with van der Waals surface area (Å²) in [4.78, 5) is 10.5. The molecular formula is C5H6ClInO. The molecule has 42 valence electrons. The van der Waals surface area contributed by atoms with Gasteiger partial charge in [-0.1, -0.05) is 0 Å². The predicted molar refractivity (Wildman–Crippen MR) is 35.8 cm³/mol. The van der Waals surface area contributed by atoms with Crippen LogP contribution in [-0.2, 0) is 0 Å². The van der Waals surface area contributed by atoms with Crippen LogP contribution in [0.25, 0.3) is 0 Å². The Morgan fingerprint density at radius 1 is 1.50 bits per heavy atom. The van der Waals surface area contributed by atoms with Crippen LogP contribution in [0, 0.1) is 0 Å². The molecule has 3 heteroatoms. The molecule has 1 nitrogen and oxygen atoms in total. The van der Waals surface area contributed by atoms with Gasteiger partial charge in [-0.15, -0.1) is 0 Å². The van der Waals surface area contributed by atoms with E-state index in [0.717, 1.165) is 8.35 Å². The third kappa shape index (κ3) is 1.52. The summed E-state index contributed by atoms with van der Waals surface area (Å²) < 4.78 is 2.10. The van der Waals surface area contributed by atoms with E-state index in [1.807, 2.05) is 0 Å². The van der Waals surface area contributed by atoms with Gasteiger partial charge in [-0.3, -0.25) is 0 Å². The van der Waals surface area contributed by atoms with Gasteiger partial charge in [-0.25, -0.2) is 0 Å². The van der Waals surface area contributed by atoms with Gasteiger partial charge in [0.1, 0.15) is 0 Å². The summed E-state index contributed by atoms with van der Waals surface area (Å²) in [7, 11) is 0. The molecule has 8 heavy (non-hydrogen) atoms. The Balaban J connectivity index is 2.41. The summed E-state index contributed by atoms with van der Waals surface area (Å²) >= 11 is 3.54. The molecular weight excluding hydrogens is 226 g/mol. The Labute approximate surface area is 61.2 Å². The van der Waals surface area contributed by atoms with Crippen molar-refractivity contribution in [3.05, 3.63) is 12.2 Å². The third-order valence-electron chi connectivity index (χ3n) is 1.33. The zero-order valence-corrected chi connectivity index (χ0v) is 8.48. The van der Waals surface area contributed by atoms with E-state index >= 15 is 0 Å². The molecule has 1 aliphatic heterocycles. The Kier molecular flexibility index (Phi) is 2.44. The average molecular weight is 232 g/mol. The van der Waals surface area contributed by atoms with E-state index in [2.05, 4.69) is 12.2 Å². The molecule has 0 bridgehead atoms. The standard InChI is InChI=1S/C4H6.CClO.In/c1-3-4-2;2-1-3;/h3-4H,1-2H2;;. The van der Waals surface area contributed by atoms with Gasteiger partial charge in [-0.2, -0.15) is 0 Å². The van der Waals surface area contributed by atoms with Gasteiger partial charge >= 0.3 is 61.3 Å². The van der Waals surface area contributed by atoms with Crippen LogP contribution in [0.5, 0.6) is 0 Å². The van der Waals surface area contributed by atoms with Crippen molar-refractivity contribution in [2.24, 2.45) is 0 Å². The van der Waals surface area contributed by atoms with E-state index < -0.39 is 21.4 Å². The molecule has 0 amide bonds. The van der Waals surface area contributed by atoms with Crippen LogP contribution in [0.15, 0.2) is 12.2 Å². The van der Waals surface area contributed by atoms with Crippen LogP contribution in [0.4, 0.5) is 4.79 Å². The van der Waals surface area contributed by atoms with Gasteiger partial charge in [-0.05, 0) is 0 Å². The van der Waals surface area contributed by atoms with Gasteiger partial charge in [0.15, 0.2) is 0 Å². The zero-order chi connectivity index (χ0) is 5.98.